The molecule has 2 atom stereocenters. The molecular formula is C21H37ClN4O2. The molecule has 1 saturated heterocycles. The number of halogens is 1. The lowest BCUT2D eigenvalue weighted by atomic mass is 9.65. The highest BCUT2D eigenvalue weighted by Crippen LogP contribution is 2.42. The lowest BCUT2D eigenvalue weighted by Gasteiger charge is -2.45. The van der Waals surface area contributed by atoms with E-state index in [0.29, 0.717) is 56.0 Å². The summed E-state index contributed by atoms with van der Waals surface area (Å²) in [5.74, 6) is 1.54. The van der Waals surface area contributed by atoms with Gasteiger partial charge in [-0.2, -0.15) is 0 Å². The average molecular weight is 413 g/mol. The molecule has 0 aromatic rings. The first-order valence-electron chi connectivity index (χ1n) is 11.2. The molecule has 7 heteroatoms. The van der Waals surface area contributed by atoms with Crippen molar-refractivity contribution in [2.24, 2.45) is 23.5 Å². The summed E-state index contributed by atoms with van der Waals surface area (Å²) in [6.07, 6.45) is 11.6. The Kier molecular flexibility index (Phi) is 7.48. The van der Waals surface area contributed by atoms with Gasteiger partial charge in [0, 0.05) is 44.2 Å². The molecule has 0 aromatic heterocycles. The van der Waals surface area contributed by atoms with Gasteiger partial charge in [-0.05, 0) is 50.4 Å². The standard InChI is InChI=1S/C21H36N4O2.ClH/c22-19-15-5-4-6-16(19)14-17(13-15)20(26)24-9-11-25(12-10-24)21(27)23-18-7-2-1-3-8-18;/h15-19H,1-14,22H2,(H,23,27);1H. The molecule has 3 aliphatic carbocycles. The van der Waals surface area contributed by atoms with Gasteiger partial charge in [0.15, 0.2) is 0 Å². The van der Waals surface area contributed by atoms with E-state index in [1.165, 1.54) is 38.5 Å². The first-order chi connectivity index (χ1) is 13.1. The zero-order valence-corrected chi connectivity index (χ0v) is 17.8. The van der Waals surface area contributed by atoms with Crippen LogP contribution in [0.2, 0.25) is 0 Å². The van der Waals surface area contributed by atoms with Gasteiger partial charge >= 0.3 is 6.03 Å². The summed E-state index contributed by atoms with van der Waals surface area (Å²) < 4.78 is 0. The fraction of sp³-hybridized carbons (Fsp3) is 0.905. The van der Waals surface area contributed by atoms with Gasteiger partial charge in [-0.25, -0.2) is 4.79 Å². The maximum Gasteiger partial charge on any atom is 0.317 e. The smallest absolute Gasteiger partial charge is 0.317 e. The van der Waals surface area contributed by atoms with Crippen LogP contribution in [-0.4, -0.2) is 60.0 Å². The summed E-state index contributed by atoms with van der Waals surface area (Å²) in [4.78, 5) is 29.5. The fourth-order valence-electron chi connectivity index (χ4n) is 5.89. The van der Waals surface area contributed by atoms with E-state index >= 15 is 0 Å². The third-order valence-electron chi connectivity index (χ3n) is 7.57. The summed E-state index contributed by atoms with van der Waals surface area (Å²) in [5, 5.41) is 3.20. The van der Waals surface area contributed by atoms with Crippen LogP contribution in [0.3, 0.4) is 0 Å². The Morgan fingerprint density at radius 1 is 0.786 bits per heavy atom. The number of hydrogen-bond acceptors (Lipinski definition) is 3. The van der Waals surface area contributed by atoms with Crippen LogP contribution in [-0.2, 0) is 4.79 Å². The molecule has 4 aliphatic rings. The second-order valence-electron chi connectivity index (χ2n) is 9.29. The molecule has 160 valence electrons. The molecule has 4 fully saturated rings. The third kappa shape index (κ3) is 4.76. The van der Waals surface area contributed by atoms with Gasteiger partial charge in [0.2, 0.25) is 5.91 Å². The molecule has 4 rings (SSSR count). The number of urea groups is 1. The predicted molar refractivity (Wildman–Crippen MR) is 112 cm³/mol. The van der Waals surface area contributed by atoms with Crippen LogP contribution in [0, 0.1) is 17.8 Å². The average Bonchev–Trinajstić information content (AvgIpc) is 2.68. The highest BCUT2D eigenvalue weighted by Gasteiger charge is 2.42. The number of carbonyl (C=O) groups excluding carboxylic acids is 2. The fourth-order valence-corrected chi connectivity index (χ4v) is 5.89. The van der Waals surface area contributed by atoms with Crippen LogP contribution >= 0.6 is 12.4 Å². The van der Waals surface area contributed by atoms with Gasteiger partial charge in [0.25, 0.3) is 0 Å². The molecule has 28 heavy (non-hydrogen) atoms. The van der Waals surface area contributed by atoms with E-state index in [4.69, 9.17) is 5.73 Å². The van der Waals surface area contributed by atoms with Gasteiger partial charge in [-0.15, -0.1) is 12.4 Å². The van der Waals surface area contributed by atoms with E-state index in [2.05, 4.69) is 5.32 Å². The Morgan fingerprint density at radius 3 is 1.96 bits per heavy atom. The predicted octanol–water partition coefficient (Wildman–Crippen LogP) is 2.75. The number of nitrogens with two attached hydrogens (primary N) is 1. The minimum absolute atomic E-state index is 0. The highest BCUT2D eigenvalue weighted by molar-refractivity contribution is 5.85. The lowest BCUT2D eigenvalue weighted by molar-refractivity contribution is -0.140. The van der Waals surface area contributed by atoms with Crippen molar-refractivity contribution in [1.82, 2.24) is 15.1 Å². The summed E-state index contributed by atoms with van der Waals surface area (Å²) in [6, 6.07) is 0.715. The van der Waals surface area contributed by atoms with Crippen LogP contribution in [0.4, 0.5) is 4.79 Å². The summed E-state index contributed by atoms with van der Waals surface area (Å²) in [5.41, 5.74) is 6.38. The number of carbonyl (C=O) groups is 2. The second kappa shape index (κ2) is 9.66. The number of fused-ring (bicyclic) bond motifs is 2. The largest absolute Gasteiger partial charge is 0.339 e. The van der Waals surface area contributed by atoms with Gasteiger partial charge in [-0.1, -0.05) is 25.7 Å². The first-order valence-corrected chi connectivity index (χ1v) is 11.2. The van der Waals surface area contributed by atoms with Crippen LogP contribution in [0.5, 0.6) is 0 Å². The quantitative estimate of drug-likeness (QED) is 0.731. The monoisotopic (exact) mass is 412 g/mol. The van der Waals surface area contributed by atoms with Crippen LogP contribution in [0.25, 0.3) is 0 Å². The number of amides is 3. The van der Waals surface area contributed by atoms with Gasteiger partial charge in [-0.3, -0.25) is 4.79 Å². The van der Waals surface area contributed by atoms with Crippen molar-refractivity contribution in [2.45, 2.75) is 76.3 Å². The molecule has 0 radical (unpaired) electrons. The number of nitrogens with zero attached hydrogens (tertiary/aromatic N) is 2. The molecule has 2 bridgehead atoms. The molecular weight excluding hydrogens is 376 g/mol. The maximum atomic E-state index is 13.1. The second-order valence-corrected chi connectivity index (χ2v) is 9.29. The molecule has 1 heterocycles. The van der Waals surface area contributed by atoms with E-state index < -0.39 is 0 Å². The van der Waals surface area contributed by atoms with Crippen molar-refractivity contribution in [2.75, 3.05) is 26.2 Å². The van der Waals surface area contributed by atoms with Gasteiger partial charge < -0.3 is 20.9 Å². The summed E-state index contributed by atoms with van der Waals surface area (Å²) in [6.45, 7) is 2.66. The van der Waals surface area contributed by atoms with E-state index in [-0.39, 0.29) is 24.4 Å². The topological polar surface area (TPSA) is 78.7 Å². The summed E-state index contributed by atoms with van der Waals surface area (Å²) >= 11 is 0. The summed E-state index contributed by atoms with van der Waals surface area (Å²) in [7, 11) is 0. The van der Waals surface area contributed by atoms with Crippen molar-refractivity contribution in [1.29, 1.82) is 0 Å². The molecule has 6 nitrogen and oxygen atoms in total. The SMILES string of the molecule is Cl.NC1C2CCCC1CC(C(=O)N1CCN(C(=O)NC3CCCCC3)CC1)C2. The van der Waals surface area contributed by atoms with Gasteiger partial charge in [0.1, 0.15) is 0 Å². The van der Waals surface area contributed by atoms with E-state index in [1.807, 2.05) is 9.80 Å². The van der Waals surface area contributed by atoms with E-state index in [9.17, 15) is 9.59 Å². The maximum absolute atomic E-state index is 13.1. The Balaban J connectivity index is 0.00000225. The molecule has 0 aromatic carbocycles. The lowest BCUT2D eigenvalue weighted by Crippen LogP contribution is -2.56. The normalized spacial score (nSPS) is 33.8. The third-order valence-corrected chi connectivity index (χ3v) is 7.57. The zero-order valence-electron chi connectivity index (χ0n) is 17.0. The molecule has 1 aliphatic heterocycles. The number of nitrogens with one attached hydrogen (secondary N) is 1. The molecule has 3 saturated carbocycles. The molecule has 3 amide bonds. The van der Waals surface area contributed by atoms with Crippen LogP contribution in [0.15, 0.2) is 0 Å². The van der Waals surface area contributed by atoms with Crippen molar-refractivity contribution in [3.8, 4) is 0 Å². The molecule has 3 N–H and O–H groups in total. The number of hydrogen-bond donors (Lipinski definition) is 2. The van der Waals surface area contributed by atoms with E-state index in [0.717, 1.165) is 25.7 Å². The Hall–Kier alpha value is -1.01. The molecule has 2 unspecified atom stereocenters. The van der Waals surface area contributed by atoms with Crippen LogP contribution in [0.1, 0.15) is 64.2 Å². The Bertz CT molecular complexity index is 533. The van der Waals surface area contributed by atoms with Crippen LogP contribution < -0.4 is 11.1 Å². The zero-order chi connectivity index (χ0) is 18.8. The minimum Gasteiger partial charge on any atom is -0.339 e. The van der Waals surface area contributed by atoms with Crippen molar-refractivity contribution in [3.05, 3.63) is 0 Å². The van der Waals surface area contributed by atoms with Crippen molar-refractivity contribution in [3.63, 3.8) is 0 Å². The number of piperazine rings is 1. The van der Waals surface area contributed by atoms with Crippen molar-refractivity contribution >= 4 is 24.3 Å². The first kappa shape index (κ1) is 21.7. The van der Waals surface area contributed by atoms with Gasteiger partial charge in [0.05, 0.1) is 0 Å². The highest BCUT2D eigenvalue weighted by atomic mass is 35.5. The Labute approximate surface area is 175 Å². The molecule has 0 spiro atoms. The van der Waals surface area contributed by atoms with Crippen molar-refractivity contribution < 1.29 is 9.59 Å². The Morgan fingerprint density at radius 2 is 1.36 bits per heavy atom. The minimum atomic E-state index is 0. The van der Waals surface area contributed by atoms with E-state index in [1.54, 1.807) is 0 Å². The number of rotatable bonds is 2.